The van der Waals surface area contributed by atoms with Gasteiger partial charge in [-0.15, -0.1) is 0 Å². The molecule has 0 aliphatic heterocycles. The number of amides is 2. The van der Waals surface area contributed by atoms with Gasteiger partial charge in [0.15, 0.2) is 0 Å². The van der Waals surface area contributed by atoms with Crippen LogP contribution in [-0.4, -0.2) is 78.7 Å². The summed E-state index contributed by atoms with van der Waals surface area (Å²) < 4.78 is 0. The molecular formula is C14H29N3O3S. The van der Waals surface area contributed by atoms with Crippen LogP contribution >= 0.6 is 11.8 Å². The third kappa shape index (κ3) is 9.57. The Labute approximate surface area is 132 Å². The van der Waals surface area contributed by atoms with E-state index in [-0.39, 0.29) is 6.03 Å². The molecule has 0 aliphatic rings. The predicted molar refractivity (Wildman–Crippen MR) is 87.9 cm³/mol. The molecule has 0 aromatic carbocycles. The van der Waals surface area contributed by atoms with Gasteiger partial charge in [-0.05, 0) is 38.4 Å². The van der Waals surface area contributed by atoms with Crippen LogP contribution in [-0.2, 0) is 4.79 Å². The second-order valence-electron chi connectivity index (χ2n) is 5.76. The molecule has 0 heterocycles. The minimum Gasteiger partial charge on any atom is -0.480 e. The van der Waals surface area contributed by atoms with Crippen molar-refractivity contribution in [3.05, 3.63) is 0 Å². The molecule has 0 aromatic heterocycles. The van der Waals surface area contributed by atoms with Gasteiger partial charge in [0.05, 0.1) is 0 Å². The Bertz CT molecular complexity index is 325. The molecule has 0 bridgehead atoms. The van der Waals surface area contributed by atoms with Gasteiger partial charge < -0.3 is 20.2 Å². The van der Waals surface area contributed by atoms with Crippen LogP contribution in [0.3, 0.4) is 0 Å². The molecule has 0 saturated heterocycles. The lowest BCUT2D eigenvalue weighted by Crippen LogP contribution is -2.50. The molecule has 0 fully saturated rings. The van der Waals surface area contributed by atoms with Crippen molar-refractivity contribution in [2.24, 2.45) is 5.92 Å². The monoisotopic (exact) mass is 319 g/mol. The zero-order chi connectivity index (χ0) is 16.4. The highest BCUT2D eigenvalue weighted by molar-refractivity contribution is 7.98. The first kappa shape index (κ1) is 20.1. The minimum absolute atomic E-state index is 0.293. The van der Waals surface area contributed by atoms with Crippen molar-refractivity contribution in [2.75, 3.05) is 45.7 Å². The van der Waals surface area contributed by atoms with E-state index in [0.29, 0.717) is 31.2 Å². The Kier molecular flexibility index (Phi) is 10.2. The molecule has 1 unspecified atom stereocenters. The topological polar surface area (TPSA) is 72.9 Å². The summed E-state index contributed by atoms with van der Waals surface area (Å²) >= 11 is 1.57. The van der Waals surface area contributed by atoms with Crippen molar-refractivity contribution in [1.29, 1.82) is 0 Å². The van der Waals surface area contributed by atoms with Crippen LogP contribution in [0.2, 0.25) is 0 Å². The quantitative estimate of drug-likeness (QED) is 0.637. The summed E-state index contributed by atoms with van der Waals surface area (Å²) in [7, 11) is 3.90. The standard InChI is InChI=1S/C14H29N3O3S/c1-11(2)10-17(8-7-16(3)4)14(20)15-12(13(18)19)6-9-21-5/h11-12H,6-10H2,1-5H3,(H,15,20)(H,18,19). The number of carboxylic acids is 1. The van der Waals surface area contributed by atoms with Crippen molar-refractivity contribution in [3.63, 3.8) is 0 Å². The van der Waals surface area contributed by atoms with E-state index in [2.05, 4.69) is 5.32 Å². The molecule has 0 rings (SSSR count). The Morgan fingerprint density at radius 1 is 1.24 bits per heavy atom. The largest absolute Gasteiger partial charge is 0.480 e. The molecule has 124 valence electrons. The molecule has 7 heteroatoms. The number of hydrogen-bond donors (Lipinski definition) is 2. The number of rotatable bonds is 10. The first-order chi connectivity index (χ1) is 9.77. The second-order valence-corrected chi connectivity index (χ2v) is 6.75. The molecule has 1 atom stereocenters. The number of urea groups is 1. The molecule has 21 heavy (non-hydrogen) atoms. The third-order valence-corrected chi connectivity index (χ3v) is 3.54. The van der Waals surface area contributed by atoms with Crippen molar-refractivity contribution >= 4 is 23.8 Å². The number of thioether (sulfide) groups is 1. The highest BCUT2D eigenvalue weighted by atomic mass is 32.2. The highest BCUT2D eigenvalue weighted by Crippen LogP contribution is 2.04. The summed E-state index contributed by atoms with van der Waals surface area (Å²) in [5.41, 5.74) is 0. The predicted octanol–water partition coefficient (Wildman–Crippen LogP) is 1.42. The third-order valence-electron chi connectivity index (χ3n) is 2.90. The van der Waals surface area contributed by atoms with E-state index in [1.807, 2.05) is 39.1 Å². The smallest absolute Gasteiger partial charge is 0.326 e. The fourth-order valence-corrected chi connectivity index (χ4v) is 2.24. The molecule has 6 nitrogen and oxygen atoms in total. The van der Waals surface area contributed by atoms with Crippen LogP contribution < -0.4 is 5.32 Å². The average Bonchev–Trinajstić information content (AvgIpc) is 2.38. The van der Waals surface area contributed by atoms with Gasteiger partial charge in [0.2, 0.25) is 0 Å². The van der Waals surface area contributed by atoms with Crippen LogP contribution in [0.25, 0.3) is 0 Å². The van der Waals surface area contributed by atoms with E-state index >= 15 is 0 Å². The fourth-order valence-electron chi connectivity index (χ4n) is 1.77. The van der Waals surface area contributed by atoms with Gasteiger partial charge in [-0.1, -0.05) is 13.8 Å². The van der Waals surface area contributed by atoms with Gasteiger partial charge in [0, 0.05) is 19.6 Å². The van der Waals surface area contributed by atoms with Gasteiger partial charge in [-0.3, -0.25) is 0 Å². The van der Waals surface area contributed by atoms with E-state index in [9.17, 15) is 14.7 Å². The number of hydrogen-bond acceptors (Lipinski definition) is 4. The lowest BCUT2D eigenvalue weighted by molar-refractivity contribution is -0.139. The van der Waals surface area contributed by atoms with Crippen LogP contribution in [0.5, 0.6) is 0 Å². The minimum atomic E-state index is -0.977. The van der Waals surface area contributed by atoms with E-state index in [1.165, 1.54) is 0 Å². The fraction of sp³-hybridized carbons (Fsp3) is 0.857. The van der Waals surface area contributed by atoms with Gasteiger partial charge in [0.25, 0.3) is 0 Å². The molecule has 0 spiro atoms. The van der Waals surface area contributed by atoms with Gasteiger partial charge in [-0.25, -0.2) is 9.59 Å². The average molecular weight is 319 g/mol. The normalized spacial score (nSPS) is 12.5. The molecule has 2 amide bonds. The number of nitrogens with one attached hydrogen (secondary N) is 1. The number of carbonyl (C=O) groups is 2. The summed E-state index contributed by atoms with van der Waals surface area (Å²) in [6.07, 6.45) is 2.36. The second kappa shape index (κ2) is 10.7. The lowest BCUT2D eigenvalue weighted by Gasteiger charge is -2.27. The summed E-state index contributed by atoms with van der Waals surface area (Å²) in [5.74, 6) is 0.0703. The maximum Gasteiger partial charge on any atom is 0.326 e. The number of carbonyl (C=O) groups excluding carboxylic acids is 1. The molecule has 0 saturated carbocycles. The maximum atomic E-state index is 12.3. The molecule has 0 radical (unpaired) electrons. The zero-order valence-corrected chi connectivity index (χ0v) is 14.6. The van der Waals surface area contributed by atoms with E-state index < -0.39 is 12.0 Å². The van der Waals surface area contributed by atoms with E-state index in [4.69, 9.17) is 0 Å². The first-order valence-electron chi connectivity index (χ1n) is 7.19. The number of nitrogens with zero attached hydrogens (tertiary/aromatic N) is 2. The van der Waals surface area contributed by atoms with Crippen LogP contribution in [0.15, 0.2) is 0 Å². The first-order valence-corrected chi connectivity index (χ1v) is 8.59. The summed E-state index contributed by atoms with van der Waals surface area (Å²) in [6, 6.07) is -1.11. The molecular weight excluding hydrogens is 290 g/mol. The van der Waals surface area contributed by atoms with E-state index in [1.54, 1.807) is 16.7 Å². The summed E-state index contributed by atoms with van der Waals surface area (Å²) in [5, 5.41) is 11.8. The number of carboxylic acid groups (broad SMARTS) is 1. The van der Waals surface area contributed by atoms with Crippen molar-refractivity contribution in [3.8, 4) is 0 Å². The lowest BCUT2D eigenvalue weighted by atomic mass is 10.2. The summed E-state index contributed by atoms with van der Waals surface area (Å²) in [4.78, 5) is 27.2. The SMILES string of the molecule is CSCCC(NC(=O)N(CCN(C)C)CC(C)C)C(=O)O. The van der Waals surface area contributed by atoms with Crippen LogP contribution in [0.4, 0.5) is 4.79 Å². The van der Waals surface area contributed by atoms with Crippen LogP contribution in [0.1, 0.15) is 20.3 Å². The number of aliphatic carboxylic acids is 1. The molecule has 0 aromatic rings. The Morgan fingerprint density at radius 2 is 1.86 bits per heavy atom. The van der Waals surface area contributed by atoms with Crippen molar-refractivity contribution in [2.45, 2.75) is 26.3 Å². The van der Waals surface area contributed by atoms with Gasteiger partial charge >= 0.3 is 12.0 Å². The van der Waals surface area contributed by atoms with Crippen LogP contribution in [0, 0.1) is 5.92 Å². The van der Waals surface area contributed by atoms with Gasteiger partial charge in [0.1, 0.15) is 6.04 Å². The molecule has 2 N–H and O–H groups in total. The molecule has 0 aliphatic carbocycles. The Morgan fingerprint density at radius 3 is 2.29 bits per heavy atom. The van der Waals surface area contributed by atoms with Crippen molar-refractivity contribution in [1.82, 2.24) is 15.1 Å². The zero-order valence-electron chi connectivity index (χ0n) is 13.8. The van der Waals surface area contributed by atoms with Gasteiger partial charge in [-0.2, -0.15) is 11.8 Å². The highest BCUT2D eigenvalue weighted by Gasteiger charge is 2.23. The number of likely N-dealkylation sites (N-methyl/N-ethyl adjacent to an activating group) is 1. The Balaban J connectivity index is 4.63. The Hall–Kier alpha value is -0.950. The summed E-state index contributed by atoms with van der Waals surface area (Å²) in [6.45, 7) is 6.04. The maximum absolute atomic E-state index is 12.3. The van der Waals surface area contributed by atoms with E-state index in [0.717, 1.165) is 6.54 Å². The van der Waals surface area contributed by atoms with Crippen molar-refractivity contribution < 1.29 is 14.7 Å².